The van der Waals surface area contributed by atoms with E-state index >= 15 is 0 Å². The lowest BCUT2D eigenvalue weighted by atomic mass is 10.1. The number of furan rings is 1. The second-order valence-corrected chi connectivity index (χ2v) is 4.72. The van der Waals surface area contributed by atoms with Crippen molar-refractivity contribution in [3.8, 4) is 0 Å². The van der Waals surface area contributed by atoms with Gasteiger partial charge in [0.2, 0.25) is 0 Å². The van der Waals surface area contributed by atoms with E-state index in [0.29, 0.717) is 12.2 Å². The van der Waals surface area contributed by atoms with Crippen molar-refractivity contribution in [3.63, 3.8) is 0 Å². The second kappa shape index (κ2) is 7.28. The Morgan fingerprint density at radius 3 is 2.90 bits per heavy atom. The van der Waals surface area contributed by atoms with Crippen molar-refractivity contribution < 1.29 is 9.21 Å². The molecule has 5 heteroatoms. The van der Waals surface area contributed by atoms with E-state index in [4.69, 9.17) is 4.42 Å². The molecule has 110 valence electrons. The fourth-order valence-corrected chi connectivity index (χ4v) is 1.89. The molecule has 0 aliphatic heterocycles. The quantitative estimate of drug-likeness (QED) is 0.633. The summed E-state index contributed by atoms with van der Waals surface area (Å²) in [5, 5.41) is 7.09. The Hall–Kier alpha value is -2.56. The lowest BCUT2D eigenvalue weighted by molar-refractivity contribution is -0.121. The van der Waals surface area contributed by atoms with Crippen molar-refractivity contribution in [3.05, 3.63) is 54.0 Å². The Morgan fingerprint density at radius 1 is 1.38 bits per heavy atom. The molecule has 2 rings (SSSR count). The predicted octanol–water partition coefficient (Wildman–Crippen LogP) is 2.93. The first-order valence-electron chi connectivity index (χ1n) is 6.88. The van der Waals surface area contributed by atoms with Crippen LogP contribution in [0.2, 0.25) is 0 Å². The van der Waals surface area contributed by atoms with Crippen LogP contribution in [-0.2, 0) is 4.79 Å². The summed E-state index contributed by atoms with van der Waals surface area (Å²) in [6, 6.07) is 11.1. The molecule has 2 aromatic rings. The minimum absolute atomic E-state index is 0.179. The van der Waals surface area contributed by atoms with Crippen LogP contribution in [0.5, 0.6) is 0 Å². The van der Waals surface area contributed by atoms with Gasteiger partial charge in [-0.2, -0.15) is 5.10 Å². The van der Waals surface area contributed by atoms with Gasteiger partial charge in [0.1, 0.15) is 11.8 Å². The summed E-state index contributed by atoms with van der Waals surface area (Å²) in [5.74, 6) is 0.414. The van der Waals surface area contributed by atoms with Gasteiger partial charge in [-0.05, 0) is 43.2 Å². The van der Waals surface area contributed by atoms with Crippen molar-refractivity contribution in [2.45, 2.75) is 26.3 Å². The summed E-state index contributed by atoms with van der Waals surface area (Å²) in [5.41, 5.74) is 4.58. The zero-order valence-corrected chi connectivity index (χ0v) is 12.2. The van der Waals surface area contributed by atoms with Crippen LogP contribution in [0.25, 0.3) is 0 Å². The van der Waals surface area contributed by atoms with E-state index < -0.39 is 0 Å². The highest BCUT2D eigenvalue weighted by Gasteiger charge is 2.15. The van der Waals surface area contributed by atoms with E-state index in [1.54, 1.807) is 18.4 Å². The Bertz CT molecular complexity index is 606. The van der Waals surface area contributed by atoms with Gasteiger partial charge in [0, 0.05) is 5.69 Å². The van der Waals surface area contributed by atoms with Crippen molar-refractivity contribution in [1.82, 2.24) is 5.43 Å². The van der Waals surface area contributed by atoms with Gasteiger partial charge < -0.3 is 9.73 Å². The highest BCUT2D eigenvalue weighted by Crippen LogP contribution is 2.12. The summed E-state index contributed by atoms with van der Waals surface area (Å²) in [6.45, 7) is 3.96. The Labute approximate surface area is 124 Å². The molecule has 1 aromatic heterocycles. The standard InChI is InChI=1S/C16H19N3O2/c1-3-15(18-13-7-4-6-12(2)10-13)16(20)19-17-11-14-8-5-9-21-14/h4-11,15,18H,3H2,1-2H3,(H,19,20)/b17-11-/t15-/m0/s1. The number of carbonyl (C=O) groups excluding carboxylic acids is 1. The Balaban J connectivity index is 1.92. The van der Waals surface area contributed by atoms with Gasteiger partial charge in [-0.1, -0.05) is 19.1 Å². The van der Waals surface area contributed by atoms with Crippen LogP contribution in [0, 0.1) is 6.92 Å². The minimum Gasteiger partial charge on any atom is -0.463 e. The predicted molar refractivity (Wildman–Crippen MR) is 83.3 cm³/mol. The molecule has 0 aliphatic carbocycles. The minimum atomic E-state index is -0.333. The SMILES string of the molecule is CC[C@H](Nc1cccc(C)c1)C(=O)N/N=C\c1ccco1. The molecule has 0 saturated carbocycles. The lowest BCUT2D eigenvalue weighted by Crippen LogP contribution is -2.36. The normalized spacial score (nSPS) is 12.3. The number of hydrogen-bond acceptors (Lipinski definition) is 4. The summed E-state index contributed by atoms with van der Waals surface area (Å²) in [4.78, 5) is 12.1. The fourth-order valence-electron chi connectivity index (χ4n) is 1.89. The first kappa shape index (κ1) is 14.8. The summed E-state index contributed by atoms with van der Waals surface area (Å²) in [7, 11) is 0. The monoisotopic (exact) mass is 285 g/mol. The van der Waals surface area contributed by atoms with E-state index in [-0.39, 0.29) is 11.9 Å². The van der Waals surface area contributed by atoms with E-state index in [9.17, 15) is 4.79 Å². The molecule has 0 aliphatic rings. The van der Waals surface area contributed by atoms with Crippen LogP contribution in [0.4, 0.5) is 5.69 Å². The van der Waals surface area contributed by atoms with E-state index in [1.165, 1.54) is 6.21 Å². The maximum absolute atomic E-state index is 12.1. The van der Waals surface area contributed by atoms with Crippen molar-refractivity contribution in [2.24, 2.45) is 5.10 Å². The smallest absolute Gasteiger partial charge is 0.262 e. The zero-order chi connectivity index (χ0) is 15.1. The summed E-state index contributed by atoms with van der Waals surface area (Å²) in [6.07, 6.45) is 3.69. The molecular formula is C16H19N3O2. The van der Waals surface area contributed by atoms with Crippen LogP contribution >= 0.6 is 0 Å². The molecule has 1 amide bonds. The van der Waals surface area contributed by atoms with Gasteiger partial charge in [-0.3, -0.25) is 4.79 Å². The maximum atomic E-state index is 12.1. The fraction of sp³-hybridized carbons (Fsp3) is 0.250. The first-order valence-corrected chi connectivity index (χ1v) is 6.88. The molecule has 21 heavy (non-hydrogen) atoms. The molecule has 1 atom stereocenters. The van der Waals surface area contributed by atoms with Crippen LogP contribution < -0.4 is 10.7 Å². The van der Waals surface area contributed by atoms with Crippen LogP contribution in [0.15, 0.2) is 52.2 Å². The van der Waals surface area contributed by atoms with Crippen LogP contribution in [-0.4, -0.2) is 18.2 Å². The first-order chi connectivity index (χ1) is 10.2. The van der Waals surface area contributed by atoms with Gasteiger partial charge >= 0.3 is 0 Å². The molecule has 0 spiro atoms. The van der Waals surface area contributed by atoms with Gasteiger partial charge in [-0.25, -0.2) is 5.43 Å². The van der Waals surface area contributed by atoms with Crippen LogP contribution in [0.3, 0.4) is 0 Å². The number of hydrazone groups is 1. The largest absolute Gasteiger partial charge is 0.463 e. The Morgan fingerprint density at radius 2 is 2.24 bits per heavy atom. The van der Waals surface area contributed by atoms with Gasteiger partial charge in [-0.15, -0.1) is 0 Å². The third-order valence-corrected chi connectivity index (χ3v) is 2.99. The molecule has 1 aromatic carbocycles. The lowest BCUT2D eigenvalue weighted by Gasteiger charge is -2.16. The molecule has 0 fully saturated rings. The molecule has 2 N–H and O–H groups in total. The number of amides is 1. The number of nitrogens with zero attached hydrogens (tertiary/aromatic N) is 1. The third-order valence-electron chi connectivity index (χ3n) is 2.99. The summed E-state index contributed by atoms with van der Waals surface area (Å²) >= 11 is 0. The Kier molecular flexibility index (Phi) is 5.15. The zero-order valence-electron chi connectivity index (χ0n) is 12.2. The molecule has 0 bridgehead atoms. The van der Waals surface area contributed by atoms with Crippen LogP contribution in [0.1, 0.15) is 24.7 Å². The third kappa shape index (κ3) is 4.49. The van der Waals surface area contributed by atoms with Gasteiger partial charge in [0.05, 0.1) is 12.5 Å². The molecule has 5 nitrogen and oxygen atoms in total. The van der Waals surface area contributed by atoms with E-state index in [2.05, 4.69) is 15.8 Å². The average molecular weight is 285 g/mol. The molecule has 1 heterocycles. The molecule has 0 saturated heterocycles. The number of rotatable bonds is 6. The maximum Gasteiger partial charge on any atom is 0.262 e. The molecular weight excluding hydrogens is 266 g/mol. The number of benzene rings is 1. The van der Waals surface area contributed by atoms with E-state index in [0.717, 1.165) is 11.3 Å². The topological polar surface area (TPSA) is 66.6 Å². The van der Waals surface area contributed by atoms with E-state index in [1.807, 2.05) is 38.1 Å². The number of hydrogen-bond donors (Lipinski definition) is 2. The van der Waals surface area contributed by atoms with Crippen molar-refractivity contribution in [1.29, 1.82) is 0 Å². The number of carbonyl (C=O) groups is 1. The highest BCUT2D eigenvalue weighted by atomic mass is 16.3. The van der Waals surface area contributed by atoms with Crippen molar-refractivity contribution in [2.75, 3.05) is 5.32 Å². The molecule has 0 unspecified atom stereocenters. The average Bonchev–Trinajstić information content (AvgIpc) is 2.98. The van der Waals surface area contributed by atoms with Gasteiger partial charge in [0.25, 0.3) is 5.91 Å². The summed E-state index contributed by atoms with van der Waals surface area (Å²) < 4.78 is 5.09. The number of anilines is 1. The highest BCUT2D eigenvalue weighted by molar-refractivity contribution is 5.86. The van der Waals surface area contributed by atoms with Gasteiger partial charge in [0.15, 0.2) is 0 Å². The van der Waals surface area contributed by atoms with Crippen molar-refractivity contribution >= 4 is 17.8 Å². The number of aryl methyl sites for hydroxylation is 1. The molecule has 0 radical (unpaired) electrons. The number of nitrogens with one attached hydrogen (secondary N) is 2. The second-order valence-electron chi connectivity index (χ2n) is 4.72.